The zero-order valence-electron chi connectivity index (χ0n) is 10.2. The van der Waals surface area contributed by atoms with E-state index in [9.17, 15) is 5.26 Å². The van der Waals surface area contributed by atoms with Crippen LogP contribution in [-0.2, 0) is 5.41 Å². The Kier molecular flexibility index (Phi) is 2.08. The highest BCUT2D eigenvalue weighted by molar-refractivity contribution is 7.16. The van der Waals surface area contributed by atoms with Crippen LogP contribution in [0.5, 0.6) is 0 Å². The second-order valence-corrected chi connectivity index (χ2v) is 6.57. The summed E-state index contributed by atoms with van der Waals surface area (Å²) in [5.74, 6) is 0.617. The number of hydrogen-bond acceptors (Lipinski definition) is 4. The van der Waals surface area contributed by atoms with Gasteiger partial charge in [0.1, 0.15) is 11.1 Å². The molecule has 0 atom stereocenters. The van der Waals surface area contributed by atoms with Crippen molar-refractivity contribution in [3.05, 3.63) is 16.4 Å². The van der Waals surface area contributed by atoms with Gasteiger partial charge in [0.05, 0.1) is 5.69 Å². The van der Waals surface area contributed by atoms with Crippen LogP contribution < -0.4 is 0 Å². The van der Waals surface area contributed by atoms with Gasteiger partial charge in [-0.2, -0.15) is 14.9 Å². The van der Waals surface area contributed by atoms with Crippen molar-refractivity contribution in [3.63, 3.8) is 0 Å². The van der Waals surface area contributed by atoms with Gasteiger partial charge in [-0.15, -0.1) is 0 Å². The molecular weight excluding hydrogens is 232 g/mol. The van der Waals surface area contributed by atoms with Gasteiger partial charge in [-0.05, 0) is 12.8 Å². The van der Waals surface area contributed by atoms with Crippen LogP contribution >= 0.6 is 11.3 Å². The predicted molar refractivity (Wildman–Crippen MR) is 66.3 cm³/mol. The van der Waals surface area contributed by atoms with Gasteiger partial charge in [0.25, 0.3) is 0 Å². The molecule has 2 aromatic rings. The van der Waals surface area contributed by atoms with Crippen LogP contribution in [0.4, 0.5) is 0 Å². The molecule has 0 N–H and O–H groups in total. The summed E-state index contributed by atoms with van der Waals surface area (Å²) >= 11 is 1.62. The summed E-state index contributed by atoms with van der Waals surface area (Å²) in [6, 6.07) is 2.24. The largest absolute Gasteiger partial charge is 0.221 e. The Balaban J connectivity index is 2.20. The van der Waals surface area contributed by atoms with Crippen LogP contribution in [0.3, 0.4) is 0 Å². The first kappa shape index (κ1) is 10.7. The van der Waals surface area contributed by atoms with Crippen molar-refractivity contribution in [3.8, 4) is 6.07 Å². The number of imidazole rings is 1. The number of rotatable bonds is 1. The fraction of sp³-hybridized carbons (Fsp3) is 0.583. The smallest absolute Gasteiger partial charge is 0.213 e. The fourth-order valence-electron chi connectivity index (χ4n) is 1.88. The minimum Gasteiger partial charge on any atom is -0.221 e. The van der Waals surface area contributed by atoms with Crippen molar-refractivity contribution < 1.29 is 0 Å². The second kappa shape index (κ2) is 3.30. The summed E-state index contributed by atoms with van der Waals surface area (Å²) in [5.41, 5.74) is 1.33. The first-order valence-electron chi connectivity index (χ1n) is 5.81. The number of hydrogen-bond donors (Lipinski definition) is 0. The molecule has 1 saturated carbocycles. The predicted octanol–water partition coefficient (Wildman–Crippen LogP) is 2.84. The van der Waals surface area contributed by atoms with Gasteiger partial charge in [-0.1, -0.05) is 32.1 Å². The molecule has 88 valence electrons. The van der Waals surface area contributed by atoms with E-state index in [1.54, 1.807) is 15.9 Å². The van der Waals surface area contributed by atoms with E-state index in [1.807, 2.05) is 0 Å². The van der Waals surface area contributed by atoms with Crippen LogP contribution in [0.2, 0.25) is 0 Å². The fourth-order valence-corrected chi connectivity index (χ4v) is 2.95. The van der Waals surface area contributed by atoms with E-state index in [2.05, 4.69) is 36.9 Å². The molecule has 4 nitrogen and oxygen atoms in total. The van der Waals surface area contributed by atoms with Crippen molar-refractivity contribution in [2.45, 2.75) is 44.9 Å². The Labute approximate surface area is 104 Å². The quantitative estimate of drug-likeness (QED) is 0.777. The van der Waals surface area contributed by atoms with Crippen molar-refractivity contribution >= 4 is 16.3 Å². The number of nitrogens with zero attached hydrogens (tertiary/aromatic N) is 4. The number of aromatic nitrogens is 3. The third kappa shape index (κ3) is 1.64. The van der Waals surface area contributed by atoms with Gasteiger partial charge >= 0.3 is 0 Å². The SMILES string of the molecule is CC(C)(C)c1nc2sc(C3CC3)nn2c1C#N. The maximum atomic E-state index is 9.29. The average molecular weight is 246 g/mol. The van der Waals surface area contributed by atoms with Crippen LogP contribution in [0.15, 0.2) is 0 Å². The Bertz CT molecular complexity index is 619. The molecule has 1 fully saturated rings. The molecule has 0 aliphatic heterocycles. The van der Waals surface area contributed by atoms with E-state index in [1.165, 1.54) is 12.8 Å². The summed E-state index contributed by atoms with van der Waals surface area (Å²) in [5, 5.41) is 14.9. The monoisotopic (exact) mass is 246 g/mol. The molecule has 2 heterocycles. The normalized spacial score (nSPS) is 16.4. The summed E-state index contributed by atoms with van der Waals surface area (Å²) in [6.45, 7) is 6.21. The Morgan fingerprint density at radius 1 is 1.41 bits per heavy atom. The highest BCUT2D eigenvalue weighted by atomic mass is 32.1. The topological polar surface area (TPSA) is 54.0 Å². The van der Waals surface area contributed by atoms with E-state index in [4.69, 9.17) is 0 Å². The summed E-state index contributed by atoms with van der Waals surface area (Å²) in [4.78, 5) is 5.44. The molecule has 1 aliphatic rings. The molecule has 0 amide bonds. The van der Waals surface area contributed by atoms with Gasteiger partial charge in [0.2, 0.25) is 4.96 Å². The standard InChI is InChI=1S/C12H14N4S/c1-12(2,3)9-8(6-13)16-11(14-9)17-10(15-16)7-4-5-7/h7H,4-5H2,1-3H3. The Morgan fingerprint density at radius 3 is 2.65 bits per heavy atom. The van der Waals surface area contributed by atoms with Crippen LogP contribution in [0.1, 0.15) is 55.9 Å². The van der Waals surface area contributed by atoms with E-state index in [0.717, 1.165) is 15.7 Å². The molecule has 5 heteroatoms. The van der Waals surface area contributed by atoms with E-state index in [0.29, 0.717) is 11.6 Å². The van der Waals surface area contributed by atoms with Gasteiger partial charge < -0.3 is 0 Å². The third-order valence-corrected chi connectivity index (χ3v) is 4.03. The zero-order valence-corrected chi connectivity index (χ0v) is 11.0. The molecule has 0 spiro atoms. The first-order valence-corrected chi connectivity index (χ1v) is 6.62. The number of fused-ring (bicyclic) bond motifs is 1. The Hall–Kier alpha value is -1.41. The van der Waals surface area contributed by atoms with Crippen molar-refractivity contribution in [2.24, 2.45) is 0 Å². The van der Waals surface area contributed by atoms with Crippen LogP contribution in [0.25, 0.3) is 4.96 Å². The minimum absolute atomic E-state index is 0.113. The van der Waals surface area contributed by atoms with E-state index < -0.39 is 0 Å². The average Bonchev–Trinajstić information content (AvgIpc) is 2.89. The lowest BCUT2D eigenvalue weighted by molar-refractivity contribution is 0.570. The molecule has 0 aromatic carbocycles. The van der Waals surface area contributed by atoms with Crippen molar-refractivity contribution in [2.75, 3.05) is 0 Å². The van der Waals surface area contributed by atoms with E-state index >= 15 is 0 Å². The maximum Gasteiger partial charge on any atom is 0.213 e. The zero-order chi connectivity index (χ0) is 12.2. The molecule has 2 aromatic heterocycles. The van der Waals surface area contributed by atoms with Gasteiger partial charge in [-0.25, -0.2) is 4.98 Å². The molecule has 0 saturated heterocycles. The van der Waals surface area contributed by atoms with Crippen molar-refractivity contribution in [1.82, 2.24) is 14.6 Å². The number of nitriles is 1. The summed E-state index contributed by atoms with van der Waals surface area (Å²) < 4.78 is 1.72. The minimum atomic E-state index is -0.113. The lowest BCUT2D eigenvalue weighted by atomic mass is 9.91. The molecule has 0 radical (unpaired) electrons. The molecule has 0 unspecified atom stereocenters. The summed E-state index contributed by atoms with van der Waals surface area (Å²) in [7, 11) is 0. The summed E-state index contributed by atoms with van der Waals surface area (Å²) in [6.07, 6.45) is 2.45. The molecule has 17 heavy (non-hydrogen) atoms. The van der Waals surface area contributed by atoms with Crippen LogP contribution in [-0.4, -0.2) is 14.6 Å². The second-order valence-electron chi connectivity index (χ2n) is 5.58. The lowest BCUT2D eigenvalue weighted by Gasteiger charge is -2.14. The molecule has 1 aliphatic carbocycles. The van der Waals surface area contributed by atoms with Gasteiger partial charge in [0, 0.05) is 11.3 Å². The van der Waals surface area contributed by atoms with E-state index in [-0.39, 0.29) is 5.41 Å². The van der Waals surface area contributed by atoms with Gasteiger partial charge in [0.15, 0.2) is 5.69 Å². The third-order valence-electron chi connectivity index (χ3n) is 2.96. The van der Waals surface area contributed by atoms with Gasteiger partial charge in [-0.3, -0.25) is 0 Å². The maximum absolute atomic E-state index is 9.29. The van der Waals surface area contributed by atoms with Crippen LogP contribution in [0, 0.1) is 11.3 Å². The van der Waals surface area contributed by atoms with Crippen molar-refractivity contribution in [1.29, 1.82) is 5.26 Å². The molecule has 3 rings (SSSR count). The highest BCUT2D eigenvalue weighted by Crippen LogP contribution is 2.42. The molecular formula is C12H14N4S. The highest BCUT2D eigenvalue weighted by Gasteiger charge is 2.30. The first-order chi connectivity index (χ1) is 8.00. The Morgan fingerprint density at radius 2 is 2.12 bits per heavy atom. The molecule has 0 bridgehead atoms. The lowest BCUT2D eigenvalue weighted by Crippen LogP contribution is -2.14.